The number of allylic oxidation sites excluding steroid dienone is 11. The zero-order chi connectivity index (χ0) is 58.9. The van der Waals surface area contributed by atoms with E-state index in [1.54, 1.807) is 6.08 Å². The van der Waals surface area contributed by atoms with Crippen molar-refractivity contribution >= 4 is 11.9 Å². The molecule has 470 valence electrons. The first-order valence-corrected chi connectivity index (χ1v) is 33.7. The van der Waals surface area contributed by atoms with Gasteiger partial charge in [-0.2, -0.15) is 0 Å². The summed E-state index contributed by atoms with van der Waals surface area (Å²) >= 11 is 0. The lowest BCUT2D eigenvalue weighted by molar-refractivity contribution is -0.305. The quantitative estimate of drug-likeness (QED) is 0.0195. The number of rotatable bonds is 57. The smallest absolute Gasteiger partial charge is 0.306 e. The minimum atomic E-state index is -1.62. The molecule has 0 aromatic heterocycles. The zero-order valence-corrected chi connectivity index (χ0v) is 52.1. The molecule has 1 aliphatic rings. The number of esters is 1. The maximum atomic E-state index is 13.4. The average molecular weight is 1140 g/mol. The molecule has 1 fully saturated rings. The fourth-order valence-electron chi connectivity index (χ4n) is 10.3. The van der Waals surface area contributed by atoms with Crippen molar-refractivity contribution in [3.8, 4) is 0 Å². The second-order valence-electron chi connectivity index (χ2n) is 23.2. The number of ether oxygens (including phenoxy) is 3. The van der Waals surface area contributed by atoms with Gasteiger partial charge in [-0.1, -0.05) is 299 Å². The first kappa shape index (κ1) is 76.1. The number of carbonyl (C=O) groups excluding carboxylic acids is 2. The normalized spacial score (nSPS) is 19.1. The highest BCUT2D eigenvalue weighted by molar-refractivity contribution is 5.80. The van der Waals surface area contributed by atoms with Crippen molar-refractivity contribution in [1.82, 2.24) is 5.32 Å². The van der Waals surface area contributed by atoms with Crippen molar-refractivity contribution < 1.29 is 49.3 Å². The van der Waals surface area contributed by atoms with Gasteiger partial charge in [-0.05, 0) is 64.2 Å². The fourth-order valence-corrected chi connectivity index (χ4v) is 10.3. The van der Waals surface area contributed by atoms with Crippen molar-refractivity contribution in [2.45, 2.75) is 346 Å². The van der Waals surface area contributed by atoms with Crippen molar-refractivity contribution in [3.63, 3.8) is 0 Å². The third kappa shape index (κ3) is 45.2. The van der Waals surface area contributed by atoms with E-state index < -0.39 is 67.4 Å². The van der Waals surface area contributed by atoms with Gasteiger partial charge in [0.2, 0.25) is 5.91 Å². The van der Waals surface area contributed by atoms with Crippen LogP contribution in [0.2, 0.25) is 0 Å². The lowest BCUT2D eigenvalue weighted by Crippen LogP contribution is -2.61. The van der Waals surface area contributed by atoms with Gasteiger partial charge in [-0.15, -0.1) is 0 Å². The molecule has 8 atom stereocenters. The van der Waals surface area contributed by atoms with E-state index in [0.29, 0.717) is 12.8 Å². The topological polar surface area (TPSA) is 175 Å². The molecule has 0 radical (unpaired) electrons. The van der Waals surface area contributed by atoms with Crippen LogP contribution < -0.4 is 5.32 Å². The van der Waals surface area contributed by atoms with Gasteiger partial charge >= 0.3 is 5.97 Å². The Morgan fingerprint density at radius 1 is 0.494 bits per heavy atom. The molecule has 1 heterocycles. The van der Waals surface area contributed by atoms with Gasteiger partial charge in [0.25, 0.3) is 0 Å². The van der Waals surface area contributed by atoms with Crippen molar-refractivity contribution in [3.05, 3.63) is 72.9 Å². The van der Waals surface area contributed by atoms with Gasteiger partial charge in [0.1, 0.15) is 24.4 Å². The number of nitrogens with one attached hydrogen (secondary N) is 1. The maximum Gasteiger partial charge on any atom is 0.306 e. The van der Waals surface area contributed by atoms with E-state index in [9.17, 15) is 35.1 Å². The van der Waals surface area contributed by atoms with Gasteiger partial charge in [0, 0.05) is 6.42 Å². The van der Waals surface area contributed by atoms with Gasteiger partial charge in [0.15, 0.2) is 12.4 Å². The Morgan fingerprint density at radius 3 is 1.31 bits per heavy atom. The van der Waals surface area contributed by atoms with E-state index in [1.807, 2.05) is 18.2 Å². The van der Waals surface area contributed by atoms with Crippen molar-refractivity contribution in [2.75, 3.05) is 13.2 Å². The number of aliphatic hydroxyl groups excluding tert-OH is 5. The Labute approximate surface area is 496 Å². The Balaban J connectivity index is 2.58. The predicted octanol–water partition coefficient (Wildman–Crippen LogP) is 16.7. The lowest BCUT2D eigenvalue weighted by Gasteiger charge is -2.41. The first-order valence-electron chi connectivity index (χ1n) is 33.7. The molecule has 8 unspecified atom stereocenters. The highest BCUT2D eigenvalue weighted by Gasteiger charge is 2.47. The molecule has 6 N–H and O–H groups in total. The number of hydrogen-bond acceptors (Lipinski definition) is 10. The van der Waals surface area contributed by atoms with E-state index in [1.165, 1.54) is 173 Å². The molecule has 11 nitrogen and oxygen atoms in total. The second-order valence-corrected chi connectivity index (χ2v) is 23.2. The largest absolute Gasteiger partial charge is 0.454 e. The van der Waals surface area contributed by atoms with Crippen LogP contribution in [0.3, 0.4) is 0 Å². The predicted molar refractivity (Wildman–Crippen MR) is 338 cm³/mol. The summed E-state index contributed by atoms with van der Waals surface area (Å²) in [6, 6.07) is -1.06. The SMILES string of the molecule is CC/C=C\C/C=C\C/C=C\C/C=C\C/C=C\CCC(O)C(=O)NC(COC1OC(CO)C(O)C(O)C1OC(=O)CCCCCCCCCCCCCCCCCCCCCCCCCCC)C(O)/C=C/CCCCCCCCCCC. The minimum Gasteiger partial charge on any atom is -0.454 e. The molecule has 1 saturated heterocycles. The summed E-state index contributed by atoms with van der Waals surface area (Å²) in [7, 11) is 0. The summed E-state index contributed by atoms with van der Waals surface area (Å²) < 4.78 is 17.6. The summed E-state index contributed by atoms with van der Waals surface area (Å²) in [5.41, 5.74) is 0. The fraction of sp³-hybridized carbons (Fsp3) is 0.800. The van der Waals surface area contributed by atoms with Gasteiger partial charge < -0.3 is 45.1 Å². The zero-order valence-electron chi connectivity index (χ0n) is 52.1. The number of hydrogen-bond donors (Lipinski definition) is 6. The van der Waals surface area contributed by atoms with Crippen LogP contribution in [0, 0.1) is 0 Å². The molecule has 81 heavy (non-hydrogen) atoms. The molecule has 0 aromatic carbocycles. The summed E-state index contributed by atoms with van der Waals surface area (Å²) in [5.74, 6) is -1.25. The first-order chi connectivity index (χ1) is 39.7. The van der Waals surface area contributed by atoms with Crippen LogP contribution in [-0.2, 0) is 23.8 Å². The second kappa shape index (κ2) is 57.5. The van der Waals surface area contributed by atoms with E-state index in [4.69, 9.17) is 14.2 Å². The van der Waals surface area contributed by atoms with Crippen LogP contribution in [-0.4, -0.2) is 99.6 Å². The molecule has 1 rings (SSSR count). The monoisotopic (exact) mass is 1140 g/mol. The molecule has 0 spiro atoms. The van der Waals surface area contributed by atoms with Crippen molar-refractivity contribution in [2.24, 2.45) is 0 Å². The summed E-state index contributed by atoms with van der Waals surface area (Å²) in [5, 5.41) is 57.0. The van der Waals surface area contributed by atoms with E-state index in [-0.39, 0.29) is 19.4 Å². The van der Waals surface area contributed by atoms with Gasteiger partial charge in [-0.25, -0.2) is 0 Å². The number of amides is 1. The lowest BCUT2D eigenvalue weighted by atomic mass is 9.99. The number of aliphatic hydroxyl groups is 5. The van der Waals surface area contributed by atoms with Crippen LogP contribution in [0.15, 0.2) is 72.9 Å². The van der Waals surface area contributed by atoms with Crippen LogP contribution in [0.25, 0.3) is 0 Å². The van der Waals surface area contributed by atoms with E-state index >= 15 is 0 Å². The highest BCUT2D eigenvalue weighted by Crippen LogP contribution is 2.26. The molecule has 0 saturated carbocycles. The number of unbranched alkanes of at least 4 members (excludes halogenated alkanes) is 33. The Kier molecular flexibility index (Phi) is 54.1. The van der Waals surface area contributed by atoms with Crippen LogP contribution in [0.1, 0.15) is 297 Å². The van der Waals surface area contributed by atoms with Gasteiger partial charge in [0.05, 0.1) is 25.4 Å². The standard InChI is InChI=1S/C70H125NO10/c1-4-7-10-13-16-19-22-24-26-28-29-30-31-32-33-34-35-36-38-40-43-46-49-52-55-58-65(75)81-68-67(77)66(76)64(59-72)80-70(68)79-60-61(62(73)56-53-50-47-44-41-21-18-15-12-9-6-3)71-69(78)63(74)57-54-51-48-45-42-39-37-27-25-23-20-17-14-11-8-5-2/h8,11,17,20,25,27,39,42,48,51,53,56,61-64,66-68,70,72-74,76-77H,4-7,9-10,12-16,18-19,21-24,26,28-38,40-41,43-47,49-50,52,54-55,57-60H2,1-3H3,(H,71,78)/b11-8-,20-17-,27-25-,42-39-,51-48-,56-53+. The maximum absolute atomic E-state index is 13.4. The molecule has 0 bridgehead atoms. The Morgan fingerprint density at radius 2 is 0.889 bits per heavy atom. The van der Waals surface area contributed by atoms with Crippen LogP contribution >= 0.6 is 0 Å². The Bertz CT molecular complexity index is 1590. The average Bonchev–Trinajstić information content (AvgIpc) is 3.50. The van der Waals surface area contributed by atoms with Crippen LogP contribution in [0.5, 0.6) is 0 Å². The molecular weight excluding hydrogens is 1010 g/mol. The third-order valence-electron chi connectivity index (χ3n) is 15.6. The molecule has 11 heteroatoms. The molecule has 0 aromatic rings. The van der Waals surface area contributed by atoms with E-state index in [0.717, 1.165) is 77.0 Å². The van der Waals surface area contributed by atoms with Gasteiger partial charge in [-0.3, -0.25) is 9.59 Å². The summed E-state index contributed by atoms with van der Waals surface area (Å²) in [6.45, 7) is 5.66. The Hall–Kier alpha value is -2.90. The summed E-state index contributed by atoms with van der Waals surface area (Å²) in [4.78, 5) is 26.6. The van der Waals surface area contributed by atoms with E-state index in [2.05, 4.69) is 74.7 Å². The summed E-state index contributed by atoms with van der Waals surface area (Å²) in [6.07, 6.45) is 64.0. The highest BCUT2D eigenvalue weighted by atomic mass is 16.7. The minimum absolute atomic E-state index is 0.118. The third-order valence-corrected chi connectivity index (χ3v) is 15.6. The molecular formula is C70H125NO10. The van der Waals surface area contributed by atoms with Crippen LogP contribution in [0.4, 0.5) is 0 Å². The number of carbonyl (C=O) groups is 2. The molecule has 1 aliphatic heterocycles. The molecule has 0 aliphatic carbocycles. The van der Waals surface area contributed by atoms with Crippen molar-refractivity contribution in [1.29, 1.82) is 0 Å². The molecule has 1 amide bonds.